The Balaban J connectivity index is 2.67. The SMILES string of the molecule is CCOC(=O)[C@@H](/C(C)=N\NC(=O)Cc1ccc(OC)cc1)C(C)C. The van der Waals surface area contributed by atoms with Crippen molar-refractivity contribution in [2.45, 2.75) is 34.1 Å². The molecule has 0 heterocycles. The molecule has 24 heavy (non-hydrogen) atoms. The fourth-order valence-corrected chi connectivity index (χ4v) is 2.35. The normalized spacial score (nSPS) is 12.7. The zero-order valence-electron chi connectivity index (χ0n) is 15.0. The smallest absolute Gasteiger partial charge is 0.314 e. The molecule has 1 amide bonds. The van der Waals surface area contributed by atoms with Crippen LogP contribution in [-0.2, 0) is 20.7 Å². The molecule has 0 radical (unpaired) electrons. The predicted octanol–water partition coefficient (Wildman–Crippen LogP) is 2.57. The van der Waals surface area contributed by atoms with E-state index in [-0.39, 0.29) is 24.2 Å². The van der Waals surface area contributed by atoms with Gasteiger partial charge in [-0.05, 0) is 37.5 Å². The summed E-state index contributed by atoms with van der Waals surface area (Å²) in [5, 5.41) is 4.07. The van der Waals surface area contributed by atoms with E-state index in [1.165, 1.54) is 0 Å². The molecule has 1 aromatic rings. The largest absolute Gasteiger partial charge is 0.497 e. The lowest BCUT2D eigenvalue weighted by Gasteiger charge is -2.18. The van der Waals surface area contributed by atoms with Crippen molar-refractivity contribution in [1.29, 1.82) is 0 Å². The van der Waals surface area contributed by atoms with Gasteiger partial charge in [-0.25, -0.2) is 5.43 Å². The molecule has 0 aliphatic heterocycles. The number of esters is 1. The summed E-state index contributed by atoms with van der Waals surface area (Å²) in [4.78, 5) is 24.0. The number of ether oxygens (including phenoxy) is 2. The van der Waals surface area contributed by atoms with Crippen LogP contribution >= 0.6 is 0 Å². The topological polar surface area (TPSA) is 77.0 Å². The second kappa shape index (κ2) is 9.70. The molecule has 0 bridgehead atoms. The number of rotatable bonds is 8. The fraction of sp³-hybridized carbons (Fsp3) is 0.500. The number of hydrogen-bond acceptors (Lipinski definition) is 5. The van der Waals surface area contributed by atoms with Gasteiger partial charge in [0.2, 0.25) is 5.91 Å². The molecule has 6 nitrogen and oxygen atoms in total. The lowest BCUT2D eigenvalue weighted by atomic mass is 9.92. The molecule has 0 aromatic heterocycles. The minimum atomic E-state index is -0.466. The number of carbonyl (C=O) groups excluding carboxylic acids is 2. The van der Waals surface area contributed by atoms with E-state index >= 15 is 0 Å². The number of amides is 1. The highest BCUT2D eigenvalue weighted by atomic mass is 16.5. The number of methoxy groups -OCH3 is 1. The third-order valence-electron chi connectivity index (χ3n) is 3.54. The van der Waals surface area contributed by atoms with Crippen molar-refractivity contribution in [1.82, 2.24) is 5.43 Å². The molecule has 0 aliphatic carbocycles. The molecule has 1 aromatic carbocycles. The highest BCUT2D eigenvalue weighted by Gasteiger charge is 2.26. The summed E-state index contributed by atoms with van der Waals surface area (Å²) in [6.07, 6.45) is 0.201. The van der Waals surface area contributed by atoms with E-state index in [0.29, 0.717) is 12.3 Å². The second-order valence-electron chi connectivity index (χ2n) is 5.79. The quantitative estimate of drug-likeness (QED) is 0.450. The Bertz CT molecular complexity index is 579. The van der Waals surface area contributed by atoms with Crippen LogP contribution in [0.2, 0.25) is 0 Å². The van der Waals surface area contributed by atoms with E-state index in [1.54, 1.807) is 33.1 Å². The summed E-state index contributed by atoms with van der Waals surface area (Å²) >= 11 is 0. The Labute approximate surface area is 143 Å². The van der Waals surface area contributed by atoms with Gasteiger partial charge < -0.3 is 9.47 Å². The van der Waals surface area contributed by atoms with Crippen LogP contribution in [0.1, 0.15) is 33.3 Å². The first-order chi connectivity index (χ1) is 11.4. The maximum absolute atomic E-state index is 12.0. The molecule has 0 aliphatic rings. The Hall–Kier alpha value is -2.37. The summed E-state index contributed by atoms with van der Waals surface area (Å²) in [6.45, 7) is 7.63. The maximum Gasteiger partial charge on any atom is 0.314 e. The Morgan fingerprint density at radius 1 is 1.21 bits per heavy atom. The van der Waals surface area contributed by atoms with Crippen molar-refractivity contribution >= 4 is 17.6 Å². The maximum atomic E-state index is 12.0. The third-order valence-corrected chi connectivity index (χ3v) is 3.54. The molecule has 0 fully saturated rings. The Morgan fingerprint density at radius 3 is 2.33 bits per heavy atom. The van der Waals surface area contributed by atoms with Gasteiger partial charge in [0.1, 0.15) is 5.75 Å². The lowest BCUT2D eigenvalue weighted by molar-refractivity contribution is -0.146. The average molecular weight is 334 g/mol. The van der Waals surface area contributed by atoms with Crippen LogP contribution in [0.4, 0.5) is 0 Å². The standard InChI is InChI=1S/C18H26N2O4/c1-6-24-18(22)17(12(2)3)13(4)19-20-16(21)11-14-7-9-15(23-5)10-8-14/h7-10,12,17H,6,11H2,1-5H3,(H,20,21)/b19-13-/t17-/m1/s1. The van der Waals surface area contributed by atoms with E-state index in [2.05, 4.69) is 10.5 Å². The Kier molecular flexibility index (Phi) is 7.95. The van der Waals surface area contributed by atoms with Crippen LogP contribution in [0, 0.1) is 11.8 Å². The first kappa shape index (κ1) is 19.7. The highest BCUT2D eigenvalue weighted by Crippen LogP contribution is 2.15. The van der Waals surface area contributed by atoms with Crippen LogP contribution < -0.4 is 10.2 Å². The molecular weight excluding hydrogens is 308 g/mol. The zero-order valence-corrected chi connectivity index (χ0v) is 15.0. The summed E-state index contributed by atoms with van der Waals surface area (Å²) < 4.78 is 10.1. The highest BCUT2D eigenvalue weighted by molar-refractivity contribution is 6.01. The minimum absolute atomic E-state index is 0.0336. The number of benzene rings is 1. The van der Waals surface area contributed by atoms with E-state index in [1.807, 2.05) is 26.0 Å². The van der Waals surface area contributed by atoms with Gasteiger partial charge in [0, 0.05) is 5.71 Å². The Morgan fingerprint density at radius 2 is 1.83 bits per heavy atom. The van der Waals surface area contributed by atoms with Crippen LogP contribution in [0.25, 0.3) is 0 Å². The van der Waals surface area contributed by atoms with Gasteiger partial charge in [0.25, 0.3) is 0 Å². The molecule has 6 heteroatoms. The zero-order chi connectivity index (χ0) is 18.1. The average Bonchev–Trinajstić information content (AvgIpc) is 2.53. The van der Waals surface area contributed by atoms with Crippen LogP contribution in [0.5, 0.6) is 5.75 Å². The molecule has 132 valence electrons. The van der Waals surface area contributed by atoms with E-state index in [9.17, 15) is 9.59 Å². The summed E-state index contributed by atoms with van der Waals surface area (Å²) in [5.41, 5.74) is 3.89. The monoisotopic (exact) mass is 334 g/mol. The van der Waals surface area contributed by atoms with E-state index in [4.69, 9.17) is 9.47 Å². The predicted molar refractivity (Wildman–Crippen MR) is 92.9 cm³/mol. The van der Waals surface area contributed by atoms with Crippen molar-refractivity contribution < 1.29 is 19.1 Å². The third kappa shape index (κ3) is 6.02. The molecular formula is C18H26N2O4. The molecule has 1 rings (SSSR count). The van der Waals surface area contributed by atoms with Crippen molar-refractivity contribution in [2.24, 2.45) is 16.9 Å². The van der Waals surface area contributed by atoms with Gasteiger partial charge in [-0.1, -0.05) is 26.0 Å². The van der Waals surface area contributed by atoms with Crippen molar-refractivity contribution in [2.75, 3.05) is 13.7 Å². The van der Waals surface area contributed by atoms with Gasteiger partial charge in [-0.15, -0.1) is 0 Å². The van der Waals surface area contributed by atoms with Crippen molar-refractivity contribution in [3.63, 3.8) is 0 Å². The molecule has 0 saturated heterocycles. The molecule has 0 unspecified atom stereocenters. The number of nitrogens with zero attached hydrogens (tertiary/aromatic N) is 1. The van der Waals surface area contributed by atoms with E-state index in [0.717, 1.165) is 11.3 Å². The first-order valence-corrected chi connectivity index (χ1v) is 8.01. The molecule has 0 spiro atoms. The summed E-state index contributed by atoms with van der Waals surface area (Å²) in [5.74, 6) is -0.260. The number of carbonyl (C=O) groups is 2. The summed E-state index contributed by atoms with van der Waals surface area (Å²) in [7, 11) is 1.59. The van der Waals surface area contributed by atoms with Crippen molar-refractivity contribution in [3.8, 4) is 5.75 Å². The second-order valence-corrected chi connectivity index (χ2v) is 5.79. The fourth-order valence-electron chi connectivity index (χ4n) is 2.35. The first-order valence-electron chi connectivity index (χ1n) is 8.01. The lowest BCUT2D eigenvalue weighted by Crippen LogP contribution is -2.31. The van der Waals surface area contributed by atoms with Crippen LogP contribution in [-0.4, -0.2) is 31.3 Å². The van der Waals surface area contributed by atoms with Gasteiger partial charge in [0.05, 0.1) is 26.1 Å². The molecule has 1 atom stereocenters. The van der Waals surface area contributed by atoms with Gasteiger partial charge in [-0.3, -0.25) is 9.59 Å². The number of nitrogens with one attached hydrogen (secondary N) is 1. The molecule has 0 saturated carbocycles. The number of hydrazone groups is 1. The van der Waals surface area contributed by atoms with E-state index < -0.39 is 5.92 Å². The minimum Gasteiger partial charge on any atom is -0.497 e. The molecule has 1 N–H and O–H groups in total. The van der Waals surface area contributed by atoms with Gasteiger partial charge in [-0.2, -0.15) is 5.10 Å². The van der Waals surface area contributed by atoms with Gasteiger partial charge in [0.15, 0.2) is 0 Å². The summed E-state index contributed by atoms with van der Waals surface area (Å²) in [6, 6.07) is 7.24. The van der Waals surface area contributed by atoms with Crippen molar-refractivity contribution in [3.05, 3.63) is 29.8 Å². The van der Waals surface area contributed by atoms with Gasteiger partial charge >= 0.3 is 5.97 Å². The van der Waals surface area contributed by atoms with Crippen LogP contribution in [0.3, 0.4) is 0 Å². The van der Waals surface area contributed by atoms with Crippen LogP contribution in [0.15, 0.2) is 29.4 Å². The number of hydrogen-bond donors (Lipinski definition) is 1.